The highest BCUT2D eigenvalue weighted by Gasteiger charge is 2.27. The summed E-state index contributed by atoms with van der Waals surface area (Å²) in [7, 11) is 0. The van der Waals surface area contributed by atoms with Gasteiger partial charge in [0.25, 0.3) is 0 Å². The van der Waals surface area contributed by atoms with Crippen molar-refractivity contribution in [2.45, 2.75) is 59.3 Å². The molecule has 0 N–H and O–H groups in total. The number of hydrogen-bond donors (Lipinski definition) is 0. The summed E-state index contributed by atoms with van der Waals surface area (Å²) in [4.78, 5) is 4.20. The van der Waals surface area contributed by atoms with Crippen LogP contribution in [0.25, 0.3) is 6.08 Å². The van der Waals surface area contributed by atoms with Crippen molar-refractivity contribution in [3.63, 3.8) is 0 Å². The van der Waals surface area contributed by atoms with E-state index in [1.807, 2.05) is 6.07 Å². The molecule has 0 radical (unpaired) electrons. The molecule has 0 spiro atoms. The molecule has 1 rings (SSSR count). The molecule has 0 aliphatic carbocycles. The molecule has 1 nitrogen and oxygen atoms in total. The second-order valence-corrected chi connectivity index (χ2v) is 6.28. The lowest BCUT2D eigenvalue weighted by Gasteiger charge is -2.28. The van der Waals surface area contributed by atoms with E-state index in [-0.39, 0.29) is 5.41 Å². The molecule has 19 heavy (non-hydrogen) atoms. The van der Waals surface area contributed by atoms with E-state index in [9.17, 15) is 4.53 Å². The van der Waals surface area contributed by atoms with Crippen molar-refractivity contribution in [1.82, 2.24) is 0 Å². The standard InChI is InChI=1S/C17H25FO/c1-8-12-10-14(11(3)4)13(9-2)15(16(12)19-18)17(5,6)7/h8,10-11H,1,9H2,2-7H3. The van der Waals surface area contributed by atoms with E-state index in [2.05, 4.69) is 53.1 Å². The molecule has 106 valence electrons. The van der Waals surface area contributed by atoms with Crippen LogP contribution in [0.2, 0.25) is 0 Å². The fourth-order valence-electron chi connectivity index (χ4n) is 2.67. The predicted molar refractivity (Wildman–Crippen MR) is 80.4 cm³/mol. The zero-order chi connectivity index (χ0) is 14.8. The van der Waals surface area contributed by atoms with Crippen LogP contribution in [0, 0.1) is 0 Å². The molecule has 0 bridgehead atoms. The van der Waals surface area contributed by atoms with Gasteiger partial charge in [-0.05, 0) is 34.9 Å². The predicted octanol–water partition coefficient (Wildman–Crippen LogP) is 5.58. The van der Waals surface area contributed by atoms with Gasteiger partial charge >= 0.3 is 0 Å². The van der Waals surface area contributed by atoms with E-state index in [1.54, 1.807) is 6.08 Å². The van der Waals surface area contributed by atoms with Crippen molar-refractivity contribution < 1.29 is 9.47 Å². The van der Waals surface area contributed by atoms with Crippen LogP contribution >= 0.6 is 0 Å². The maximum Gasteiger partial charge on any atom is 0.183 e. The summed E-state index contributed by atoms with van der Waals surface area (Å²) < 4.78 is 13.1. The van der Waals surface area contributed by atoms with Gasteiger partial charge < -0.3 is 0 Å². The topological polar surface area (TPSA) is 9.23 Å². The van der Waals surface area contributed by atoms with Gasteiger partial charge in [-0.3, -0.25) is 4.94 Å². The monoisotopic (exact) mass is 264 g/mol. The van der Waals surface area contributed by atoms with Gasteiger partial charge in [-0.2, -0.15) is 0 Å². The third-order valence-corrected chi connectivity index (χ3v) is 3.47. The summed E-state index contributed by atoms with van der Waals surface area (Å²) in [5, 5.41) is 0. The van der Waals surface area contributed by atoms with Crippen molar-refractivity contribution in [3.05, 3.63) is 34.9 Å². The Labute approximate surface area is 116 Å². The molecule has 0 heterocycles. The van der Waals surface area contributed by atoms with E-state index in [4.69, 9.17) is 0 Å². The molecule has 0 saturated carbocycles. The largest absolute Gasteiger partial charge is 0.293 e. The number of benzene rings is 1. The minimum absolute atomic E-state index is 0.171. The maximum absolute atomic E-state index is 13.1. The number of hydrogen-bond acceptors (Lipinski definition) is 1. The average molecular weight is 264 g/mol. The van der Waals surface area contributed by atoms with Crippen LogP contribution < -0.4 is 4.94 Å². The summed E-state index contributed by atoms with van der Waals surface area (Å²) in [6.45, 7) is 16.4. The molecule has 1 aromatic rings. The normalized spacial score (nSPS) is 11.8. The van der Waals surface area contributed by atoms with Crippen molar-refractivity contribution in [3.8, 4) is 5.75 Å². The van der Waals surface area contributed by atoms with Crippen molar-refractivity contribution >= 4 is 6.08 Å². The van der Waals surface area contributed by atoms with Crippen LogP contribution in [0.5, 0.6) is 5.75 Å². The van der Waals surface area contributed by atoms with Gasteiger partial charge in [0.15, 0.2) is 5.75 Å². The van der Waals surface area contributed by atoms with Crippen molar-refractivity contribution in [1.29, 1.82) is 0 Å². The third-order valence-electron chi connectivity index (χ3n) is 3.47. The van der Waals surface area contributed by atoms with Crippen LogP contribution in [0.3, 0.4) is 0 Å². The molecule has 1 aromatic carbocycles. The molecule has 0 atom stereocenters. The molecule has 0 fully saturated rings. The summed E-state index contributed by atoms with van der Waals surface area (Å²) in [5.74, 6) is 0.715. The first-order chi connectivity index (χ1) is 8.77. The Morgan fingerprint density at radius 3 is 2.26 bits per heavy atom. The van der Waals surface area contributed by atoms with Crippen LogP contribution in [0.4, 0.5) is 4.53 Å². The Balaban J connectivity index is 3.80. The smallest absolute Gasteiger partial charge is 0.183 e. The summed E-state index contributed by atoms with van der Waals surface area (Å²) >= 11 is 0. The second-order valence-electron chi connectivity index (χ2n) is 6.28. The van der Waals surface area contributed by atoms with Crippen molar-refractivity contribution in [2.24, 2.45) is 0 Å². The summed E-state index contributed by atoms with van der Waals surface area (Å²) in [5.41, 5.74) is 3.96. The Hall–Kier alpha value is -1.31. The van der Waals surface area contributed by atoms with E-state index >= 15 is 0 Å². The van der Waals surface area contributed by atoms with E-state index in [1.165, 1.54) is 11.1 Å². The van der Waals surface area contributed by atoms with Gasteiger partial charge in [0.1, 0.15) is 0 Å². The van der Waals surface area contributed by atoms with Crippen molar-refractivity contribution in [2.75, 3.05) is 0 Å². The van der Waals surface area contributed by atoms with Gasteiger partial charge in [-0.15, -0.1) is 0 Å². The molecule has 0 unspecified atom stereocenters. The fraction of sp³-hybridized carbons (Fsp3) is 0.529. The van der Waals surface area contributed by atoms with Gasteiger partial charge in [0.05, 0.1) is 0 Å². The fourth-order valence-corrected chi connectivity index (χ4v) is 2.67. The van der Waals surface area contributed by atoms with E-state index < -0.39 is 0 Å². The first-order valence-electron chi connectivity index (χ1n) is 6.89. The van der Waals surface area contributed by atoms with Gasteiger partial charge in [-0.1, -0.05) is 54.2 Å². The SMILES string of the molecule is C=Cc1cc(C(C)C)c(CC)c(C(C)(C)C)c1OF. The lowest BCUT2D eigenvalue weighted by molar-refractivity contribution is -0.00868. The Bertz CT molecular complexity index is 467. The molecule has 0 saturated heterocycles. The number of rotatable bonds is 4. The van der Waals surface area contributed by atoms with Gasteiger partial charge in [0, 0.05) is 15.7 Å². The lowest BCUT2D eigenvalue weighted by Crippen LogP contribution is -2.18. The molecule has 0 aromatic heterocycles. The lowest BCUT2D eigenvalue weighted by atomic mass is 9.77. The molecule has 0 amide bonds. The maximum atomic E-state index is 13.1. The zero-order valence-corrected chi connectivity index (χ0v) is 12.9. The summed E-state index contributed by atoms with van der Waals surface area (Å²) in [6.07, 6.45) is 2.53. The van der Waals surface area contributed by atoms with Gasteiger partial charge in [-0.25, -0.2) is 0 Å². The number of halogens is 1. The molecule has 0 aliphatic rings. The Kier molecular flexibility index (Phi) is 4.78. The molecule has 2 heteroatoms. The highest BCUT2D eigenvalue weighted by molar-refractivity contribution is 5.64. The summed E-state index contributed by atoms with van der Waals surface area (Å²) in [6, 6.07) is 2.00. The van der Waals surface area contributed by atoms with E-state index in [0.29, 0.717) is 11.7 Å². The minimum Gasteiger partial charge on any atom is -0.293 e. The van der Waals surface area contributed by atoms with Gasteiger partial charge in [0.2, 0.25) is 0 Å². The highest BCUT2D eigenvalue weighted by atomic mass is 19.3. The third kappa shape index (κ3) is 2.99. The average Bonchev–Trinajstić information content (AvgIpc) is 2.34. The van der Waals surface area contributed by atoms with Crippen LogP contribution in [0.1, 0.15) is 69.7 Å². The first kappa shape index (κ1) is 15.7. The van der Waals surface area contributed by atoms with Crippen LogP contribution in [0.15, 0.2) is 12.6 Å². The Morgan fingerprint density at radius 1 is 1.37 bits per heavy atom. The molecular weight excluding hydrogens is 239 g/mol. The van der Waals surface area contributed by atoms with E-state index in [0.717, 1.165) is 17.5 Å². The minimum atomic E-state index is -0.171. The van der Waals surface area contributed by atoms with Crippen LogP contribution in [-0.4, -0.2) is 0 Å². The second kappa shape index (κ2) is 5.77. The van der Waals surface area contributed by atoms with Crippen LogP contribution in [-0.2, 0) is 11.8 Å². The quantitative estimate of drug-likeness (QED) is 0.690. The first-order valence-corrected chi connectivity index (χ1v) is 6.89. The highest BCUT2D eigenvalue weighted by Crippen LogP contribution is 2.41. The Morgan fingerprint density at radius 2 is 1.95 bits per heavy atom. The molecular formula is C17H25FO. The molecule has 0 aliphatic heterocycles. The zero-order valence-electron chi connectivity index (χ0n) is 12.9.